The molecule has 9 heteroatoms. The maximum Gasteiger partial charge on any atom is 0.341 e. The van der Waals surface area contributed by atoms with Crippen LogP contribution < -0.4 is 20.4 Å². The van der Waals surface area contributed by atoms with Gasteiger partial charge >= 0.3 is 5.97 Å². The normalized spacial score (nSPS) is 23.7. The van der Waals surface area contributed by atoms with Crippen molar-refractivity contribution in [1.82, 2.24) is 9.88 Å². The Morgan fingerprint density at radius 1 is 1.30 bits per heavy atom. The van der Waals surface area contributed by atoms with Gasteiger partial charge in [-0.3, -0.25) is 9.59 Å². The number of hydrogen-bond acceptors (Lipinski definition) is 5. The molecular formula is C21H22FN3O5. The Morgan fingerprint density at radius 2 is 2.07 bits per heavy atom. The van der Waals surface area contributed by atoms with Crippen LogP contribution in [-0.2, 0) is 4.79 Å². The largest absolute Gasteiger partial charge is 0.492 e. The van der Waals surface area contributed by atoms with Crippen molar-refractivity contribution in [2.75, 3.05) is 25.1 Å². The second-order valence-corrected chi connectivity index (χ2v) is 8.21. The standard InChI is InChI=1S/C21H22FN3O5/c1-30-19-16-12(18(26)13(21(28)29)8-24(16)10-4-5-10)7-14(22)17(19)25-9-15-11(20(25)27)3-2-6-23-15/h7-8,10-11,15,23H,2-6,9H2,1H3,(H,28,29). The van der Waals surface area contributed by atoms with Gasteiger partial charge in [-0.15, -0.1) is 0 Å². The zero-order valence-corrected chi connectivity index (χ0v) is 16.5. The topological polar surface area (TPSA) is 101 Å². The number of halogens is 1. The minimum atomic E-state index is -1.36. The van der Waals surface area contributed by atoms with Crippen LogP contribution >= 0.6 is 0 Å². The van der Waals surface area contributed by atoms with Crippen molar-refractivity contribution in [3.63, 3.8) is 0 Å². The second-order valence-electron chi connectivity index (χ2n) is 8.21. The number of carboxylic acids is 1. The van der Waals surface area contributed by atoms with Gasteiger partial charge in [0.2, 0.25) is 11.3 Å². The number of carboxylic acid groups (broad SMARTS) is 1. The lowest BCUT2D eigenvalue weighted by molar-refractivity contribution is -0.121. The molecule has 0 spiro atoms. The zero-order valence-electron chi connectivity index (χ0n) is 16.5. The van der Waals surface area contributed by atoms with Crippen LogP contribution in [0, 0.1) is 11.7 Å². The molecule has 3 heterocycles. The second kappa shape index (κ2) is 6.80. The average Bonchev–Trinajstić information content (AvgIpc) is 3.52. The van der Waals surface area contributed by atoms with E-state index < -0.39 is 22.8 Å². The number of rotatable bonds is 4. The molecule has 3 aliphatic rings. The molecule has 1 amide bonds. The third-order valence-corrected chi connectivity index (χ3v) is 6.39. The van der Waals surface area contributed by atoms with Gasteiger partial charge in [-0.25, -0.2) is 9.18 Å². The number of aromatic carboxylic acids is 1. The predicted molar refractivity (Wildman–Crippen MR) is 107 cm³/mol. The van der Waals surface area contributed by atoms with E-state index in [1.165, 1.54) is 18.2 Å². The van der Waals surface area contributed by atoms with E-state index in [4.69, 9.17) is 4.74 Å². The van der Waals surface area contributed by atoms with E-state index in [0.717, 1.165) is 38.3 Å². The van der Waals surface area contributed by atoms with E-state index in [1.807, 2.05) is 0 Å². The van der Waals surface area contributed by atoms with Crippen molar-refractivity contribution in [2.24, 2.45) is 5.92 Å². The van der Waals surface area contributed by atoms with Crippen LogP contribution in [0.5, 0.6) is 5.75 Å². The minimum absolute atomic E-state index is 0.0111. The number of piperidine rings is 1. The van der Waals surface area contributed by atoms with Crippen LogP contribution in [0.15, 0.2) is 17.1 Å². The number of pyridine rings is 1. The summed E-state index contributed by atoms with van der Waals surface area (Å²) in [7, 11) is 1.37. The quantitative estimate of drug-likeness (QED) is 0.791. The van der Waals surface area contributed by atoms with Gasteiger partial charge in [-0.2, -0.15) is 0 Å². The van der Waals surface area contributed by atoms with E-state index >= 15 is 4.39 Å². The van der Waals surface area contributed by atoms with Gasteiger partial charge in [0.25, 0.3) is 0 Å². The van der Waals surface area contributed by atoms with Crippen molar-refractivity contribution in [3.8, 4) is 5.75 Å². The fraction of sp³-hybridized carbons (Fsp3) is 0.476. The summed E-state index contributed by atoms with van der Waals surface area (Å²) in [5.41, 5.74) is -0.817. The minimum Gasteiger partial charge on any atom is -0.492 e. The molecule has 2 aromatic rings. The first-order chi connectivity index (χ1) is 14.4. The Bertz CT molecular complexity index is 1140. The highest BCUT2D eigenvalue weighted by Crippen LogP contribution is 2.45. The number of aromatic nitrogens is 1. The van der Waals surface area contributed by atoms with Crippen LogP contribution in [0.1, 0.15) is 42.1 Å². The highest BCUT2D eigenvalue weighted by Gasteiger charge is 2.44. The van der Waals surface area contributed by atoms with Gasteiger partial charge in [-0.1, -0.05) is 0 Å². The molecule has 1 aromatic carbocycles. The Balaban J connectivity index is 1.76. The average molecular weight is 415 g/mol. The van der Waals surface area contributed by atoms with Crippen molar-refractivity contribution in [2.45, 2.75) is 37.8 Å². The highest BCUT2D eigenvalue weighted by molar-refractivity contribution is 6.04. The van der Waals surface area contributed by atoms with E-state index in [-0.39, 0.29) is 40.7 Å². The molecule has 158 valence electrons. The molecule has 2 atom stereocenters. The monoisotopic (exact) mass is 415 g/mol. The molecule has 2 unspecified atom stereocenters. The first-order valence-corrected chi connectivity index (χ1v) is 10.2. The molecule has 2 saturated heterocycles. The third kappa shape index (κ3) is 2.72. The van der Waals surface area contributed by atoms with Crippen molar-refractivity contribution < 1.29 is 23.8 Å². The summed E-state index contributed by atoms with van der Waals surface area (Å²) in [6.45, 7) is 1.14. The lowest BCUT2D eigenvalue weighted by atomic mass is 9.94. The Kier molecular flexibility index (Phi) is 4.32. The van der Waals surface area contributed by atoms with Crippen LogP contribution in [0.2, 0.25) is 0 Å². The number of nitrogens with zero attached hydrogens (tertiary/aromatic N) is 2. The van der Waals surface area contributed by atoms with E-state index in [2.05, 4.69) is 5.32 Å². The molecule has 0 bridgehead atoms. The van der Waals surface area contributed by atoms with Crippen molar-refractivity contribution in [3.05, 3.63) is 33.9 Å². The number of benzene rings is 1. The summed E-state index contributed by atoms with van der Waals surface area (Å²) < 4.78 is 22.6. The summed E-state index contributed by atoms with van der Waals surface area (Å²) in [5.74, 6) is -2.40. The van der Waals surface area contributed by atoms with Gasteiger partial charge in [0.05, 0.1) is 23.9 Å². The van der Waals surface area contributed by atoms with Crippen molar-refractivity contribution in [1.29, 1.82) is 0 Å². The number of fused-ring (bicyclic) bond motifs is 2. The van der Waals surface area contributed by atoms with Crippen LogP contribution in [0.4, 0.5) is 10.1 Å². The molecule has 1 aliphatic carbocycles. The molecule has 30 heavy (non-hydrogen) atoms. The maximum absolute atomic E-state index is 15.3. The molecule has 5 rings (SSSR count). The number of carbonyl (C=O) groups excluding carboxylic acids is 1. The Morgan fingerprint density at radius 3 is 2.70 bits per heavy atom. The number of amides is 1. The smallest absolute Gasteiger partial charge is 0.341 e. The third-order valence-electron chi connectivity index (χ3n) is 6.39. The Labute approximate surface area is 171 Å². The summed E-state index contributed by atoms with van der Waals surface area (Å²) in [6, 6.07) is 1.01. The number of carbonyl (C=O) groups is 2. The van der Waals surface area contributed by atoms with Crippen LogP contribution in [-0.4, -0.2) is 47.8 Å². The van der Waals surface area contributed by atoms with Crippen molar-refractivity contribution >= 4 is 28.5 Å². The molecule has 2 N–H and O–H groups in total. The lowest BCUT2D eigenvalue weighted by Crippen LogP contribution is -2.41. The number of ether oxygens (including phenoxy) is 1. The molecule has 2 aliphatic heterocycles. The maximum atomic E-state index is 15.3. The van der Waals surface area contributed by atoms with Crippen LogP contribution in [0.25, 0.3) is 10.9 Å². The molecule has 1 saturated carbocycles. The lowest BCUT2D eigenvalue weighted by Gasteiger charge is -2.23. The SMILES string of the molecule is COc1c(N2CC3NCCCC3C2=O)c(F)cc2c(=O)c(C(=O)O)cn(C3CC3)c12. The van der Waals surface area contributed by atoms with Gasteiger partial charge in [0.15, 0.2) is 11.6 Å². The summed E-state index contributed by atoms with van der Waals surface area (Å²) in [4.78, 5) is 38.8. The number of hydrogen-bond donors (Lipinski definition) is 2. The summed E-state index contributed by atoms with van der Waals surface area (Å²) in [6.07, 6.45) is 4.59. The van der Waals surface area contributed by atoms with Gasteiger partial charge in [0, 0.05) is 24.8 Å². The van der Waals surface area contributed by atoms with Crippen LogP contribution in [0.3, 0.4) is 0 Å². The molecular weight excluding hydrogens is 393 g/mol. The molecule has 8 nitrogen and oxygen atoms in total. The highest BCUT2D eigenvalue weighted by atomic mass is 19.1. The Hall–Kier alpha value is -2.94. The molecule has 1 aromatic heterocycles. The van der Waals surface area contributed by atoms with Gasteiger partial charge in [0.1, 0.15) is 11.3 Å². The molecule has 3 fully saturated rings. The summed E-state index contributed by atoms with van der Waals surface area (Å²) in [5, 5.41) is 12.7. The first-order valence-electron chi connectivity index (χ1n) is 10.2. The number of anilines is 1. The zero-order chi connectivity index (χ0) is 21.2. The molecule has 0 radical (unpaired) electrons. The van der Waals surface area contributed by atoms with E-state index in [9.17, 15) is 19.5 Å². The predicted octanol–water partition coefficient (Wildman–Crippen LogP) is 1.90. The number of methoxy groups -OCH3 is 1. The van der Waals surface area contributed by atoms with Gasteiger partial charge in [-0.05, 0) is 38.3 Å². The van der Waals surface area contributed by atoms with E-state index in [1.54, 1.807) is 4.57 Å². The fourth-order valence-electron chi connectivity index (χ4n) is 4.81. The van der Waals surface area contributed by atoms with Gasteiger partial charge < -0.3 is 24.6 Å². The fourth-order valence-corrected chi connectivity index (χ4v) is 4.81. The summed E-state index contributed by atoms with van der Waals surface area (Å²) >= 11 is 0. The first kappa shape index (κ1) is 19.0. The van der Waals surface area contributed by atoms with E-state index in [0.29, 0.717) is 12.1 Å². The number of nitrogens with one attached hydrogen (secondary N) is 1.